The largest absolute Gasteiger partial charge is 0.329 e. The number of aromatic amines is 1. The normalized spacial score (nSPS) is 10.6. The second kappa shape index (κ2) is 3.10. The van der Waals surface area contributed by atoms with Crippen LogP contribution in [0.1, 0.15) is 6.92 Å². The summed E-state index contributed by atoms with van der Waals surface area (Å²) in [6.45, 7) is 2.11. The number of rotatable bonds is 1. The molecule has 0 bridgehead atoms. The van der Waals surface area contributed by atoms with Crippen molar-refractivity contribution in [3.8, 4) is 0 Å². The van der Waals surface area contributed by atoms with E-state index in [1.54, 1.807) is 19.1 Å². The van der Waals surface area contributed by atoms with E-state index in [1.807, 2.05) is 0 Å². The maximum Gasteiger partial charge on any atom is 0.329 e. The quantitative estimate of drug-likeness (QED) is 0.695. The van der Waals surface area contributed by atoms with Gasteiger partial charge in [-0.05, 0) is 19.1 Å². The maximum absolute atomic E-state index is 11.7. The number of H-pyrrole nitrogens is 1. The lowest BCUT2D eigenvalue weighted by atomic mass is 10.3. The van der Waals surface area contributed by atoms with E-state index < -0.39 is 5.69 Å². The Hall–Kier alpha value is -1.91. The van der Waals surface area contributed by atoms with Gasteiger partial charge in [0.25, 0.3) is 5.56 Å². The number of fused-ring (bicyclic) bond motifs is 1. The van der Waals surface area contributed by atoms with Crippen LogP contribution in [-0.2, 0) is 6.54 Å². The molecule has 0 aliphatic rings. The van der Waals surface area contributed by atoms with Gasteiger partial charge in [-0.25, -0.2) is 9.78 Å². The molecule has 2 aromatic rings. The Balaban J connectivity index is 3.01. The molecule has 0 radical (unpaired) electrons. The minimum Gasteiger partial charge on any atom is -0.291 e. The first-order chi connectivity index (χ1) is 6.74. The summed E-state index contributed by atoms with van der Waals surface area (Å²) in [6, 6.07) is 3.31. The molecule has 0 aliphatic carbocycles. The second-order valence-electron chi connectivity index (χ2n) is 2.88. The summed E-state index contributed by atoms with van der Waals surface area (Å²) in [4.78, 5) is 29.5. The lowest BCUT2D eigenvalue weighted by molar-refractivity contribution is 0.682. The molecule has 0 saturated carbocycles. The lowest BCUT2D eigenvalue weighted by Gasteiger charge is -2.01. The molecule has 0 aromatic carbocycles. The monoisotopic (exact) mass is 191 g/mol. The summed E-state index contributed by atoms with van der Waals surface area (Å²) in [5.41, 5.74) is -0.366. The molecule has 72 valence electrons. The van der Waals surface area contributed by atoms with Gasteiger partial charge in [0.1, 0.15) is 5.65 Å². The third-order valence-corrected chi connectivity index (χ3v) is 2.07. The highest BCUT2D eigenvalue weighted by atomic mass is 16.2. The third kappa shape index (κ3) is 1.14. The summed E-state index contributed by atoms with van der Waals surface area (Å²) in [7, 11) is 0. The van der Waals surface area contributed by atoms with E-state index in [-0.39, 0.29) is 5.56 Å². The van der Waals surface area contributed by atoms with Crippen molar-refractivity contribution in [2.24, 2.45) is 0 Å². The molecule has 14 heavy (non-hydrogen) atoms. The fraction of sp³-hybridized carbons (Fsp3) is 0.222. The van der Waals surface area contributed by atoms with Crippen LogP contribution in [0.25, 0.3) is 11.0 Å². The van der Waals surface area contributed by atoms with E-state index in [2.05, 4.69) is 9.97 Å². The van der Waals surface area contributed by atoms with E-state index in [4.69, 9.17) is 0 Å². The average molecular weight is 191 g/mol. The number of pyridine rings is 1. The molecule has 0 spiro atoms. The minimum absolute atomic E-state index is 0.292. The molecule has 0 aliphatic heterocycles. The predicted octanol–water partition coefficient (Wildman–Crippen LogP) is 0.105. The van der Waals surface area contributed by atoms with Crippen molar-refractivity contribution in [1.82, 2.24) is 14.5 Å². The number of hydrogen-bond donors (Lipinski definition) is 1. The molecular weight excluding hydrogens is 182 g/mol. The van der Waals surface area contributed by atoms with Crippen molar-refractivity contribution in [2.45, 2.75) is 13.5 Å². The fourth-order valence-corrected chi connectivity index (χ4v) is 1.37. The number of nitrogens with zero attached hydrogens (tertiary/aromatic N) is 2. The SMILES string of the molecule is CCn1c(=O)[nH]c2ncccc2c1=O. The van der Waals surface area contributed by atoms with E-state index in [9.17, 15) is 9.59 Å². The highest BCUT2D eigenvalue weighted by Gasteiger charge is 2.04. The van der Waals surface area contributed by atoms with Gasteiger partial charge in [-0.15, -0.1) is 0 Å². The predicted molar refractivity (Wildman–Crippen MR) is 52.3 cm³/mol. The van der Waals surface area contributed by atoms with Gasteiger partial charge in [0.15, 0.2) is 0 Å². The number of hydrogen-bond acceptors (Lipinski definition) is 3. The first-order valence-corrected chi connectivity index (χ1v) is 4.32. The zero-order chi connectivity index (χ0) is 10.1. The lowest BCUT2D eigenvalue weighted by Crippen LogP contribution is -2.34. The molecule has 0 atom stereocenters. The Morgan fingerprint density at radius 3 is 3.00 bits per heavy atom. The highest BCUT2D eigenvalue weighted by molar-refractivity contribution is 5.72. The van der Waals surface area contributed by atoms with Crippen molar-refractivity contribution >= 4 is 11.0 Å². The van der Waals surface area contributed by atoms with E-state index in [0.717, 1.165) is 4.57 Å². The Kier molecular flexibility index (Phi) is 1.92. The minimum atomic E-state index is -0.413. The van der Waals surface area contributed by atoms with E-state index in [0.29, 0.717) is 17.6 Å². The second-order valence-corrected chi connectivity index (χ2v) is 2.88. The molecule has 1 N–H and O–H groups in total. The van der Waals surface area contributed by atoms with Crippen LogP contribution in [0.2, 0.25) is 0 Å². The topological polar surface area (TPSA) is 67.8 Å². The van der Waals surface area contributed by atoms with E-state index >= 15 is 0 Å². The Morgan fingerprint density at radius 1 is 1.50 bits per heavy atom. The van der Waals surface area contributed by atoms with E-state index in [1.165, 1.54) is 6.20 Å². The molecule has 2 aromatic heterocycles. The van der Waals surface area contributed by atoms with Gasteiger partial charge in [0.05, 0.1) is 5.39 Å². The van der Waals surface area contributed by atoms with Gasteiger partial charge in [-0.3, -0.25) is 14.3 Å². The molecule has 5 nitrogen and oxygen atoms in total. The fourth-order valence-electron chi connectivity index (χ4n) is 1.37. The Morgan fingerprint density at radius 2 is 2.29 bits per heavy atom. The van der Waals surface area contributed by atoms with Crippen LogP contribution < -0.4 is 11.2 Å². The molecule has 0 fully saturated rings. The first kappa shape index (κ1) is 8.68. The van der Waals surface area contributed by atoms with Crippen LogP contribution in [0, 0.1) is 0 Å². The van der Waals surface area contributed by atoms with Crippen LogP contribution >= 0.6 is 0 Å². The summed E-state index contributed by atoms with van der Waals surface area (Å²) in [6.07, 6.45) is 1.54. The van der Waals surface area contributed by atoms with Gasteiger partial charge >= 0.3 is 5.69 Å². The van der Waals surface area contributed by atoms with Crippen LogP contribution in [0.5, 0.6) is 0 Å². The van der Waals surface area contributed by atoms with Crippen molar-refractivity contribution < 1.29 is 0 Å². The molecule has 0 saturated heterocycles. The molecule has 2 rings (SSSR count). The van der Waals surface area contributed by atoms with Gasteiger partial charge in [-0.1, -0.05) is 0 Å². The Bertz CT molecular complexity index is 582. The zero-order valence-electron chi connectivity index (χ0n) is 7.65. The van der Waals surface area contributed by atoms with Crippen molar-refractivity contribution in [3.05, 3.63) is 39.2 Å². The molecule has 2 heterocycles. The third-order valence-electron chi connectivity index (χ3n) is 2.07. The van der Waals surface area contributed by atoms with Crippen LogP contribution in [0.4, 0.5) is 0 Å². The smallest absolute Gasteiger partial charge is 0.291 e. The molecule has 5 heteroatoms. The average Bonchev–Trinajstić information content (AvgIpc) is 2.18. The van der Waals surface area contributed by atoms with Crippen molar-refractivity contribution in [1.29, 1.82) is 0 Å². The standard InChI is InChI=1S/C9H9N3O2/c1-2-12-8(13)6-4-3-5-10-7(6)11-9(12)14/h3-5H,2H2,1H3,(H,10,11,14). The summed E-state index contributed by atoms with van der Waals surface area (Å²) >= 11 is 0. The molecule has 0 amide bonds. The van der Waals surface area contributed by atoms with Crippen LogP contribution in [0.15, 0.2) is 27.9 Å². The highest BCUT2D eigenvalue weighted by Crippen LogP contribution is 1.98. The molecular formula is C9H9N3O2. The van der Waals surface area contributed by atoms with Gasteiger partial charge in [0, 0.05) is 12.7 Å². The van der Waals surface area contributed by atoms with Crippen LogP contribution in [-0.4, -0.2) is 14.5 Å². The van der Waals surface area contributed by atoms with Crippen LogP contribution in [0.3, 0.4) is 0 Å². The van der Waals surface area contributed by atoms with Crippen molar-refractivity contribution in [2.75, 3.05) is 0 Å². The Labute approximate surface area is 79.0 Å². The van der Waals surface area contributed by atoms with Gasteiger partial charge in [-0.2, -0.15) is 0 Å². The van der Waals surface area contributed by atoms with Crippen molar-refractivity contribution in [3.63, 3.8) is 0 Å². The molecule has 0 unspecified atom stereocenters. The first-order valence-electron chi connectivity index (χ1n) is 4.32. The van der Waals surface area contributed by atoms with Gasteiger partial charge < -0.3 is 0 Å². The zero-order valence-corrected chi connectivity index (χ0v) is 7.65. The summed E-state index contributed by atoms with van der Waals surface area (Å²) < 4.78 is 1.14. The maximum atomic E-state index is 11.7. The summed E-state index contributed by atoms with van der Waals surface area (Å²) in [5, 5.41) is 0.439. The number of nitrogens with one attached hydrogen (secondary N) is 1. The number of aromatic nitrogens is 3. The summed E-state index contributed by atoms with van der Waals surface area (Å²) in [5.74, 6) is 0. The van der Waals surface area contributed by atoms with Gasteiger partial charge in [0.2, 0.25) is 0 Å².